The Balaban J connectivity index is 2.14. The van der Waals surface area contributed by atoms with Gasteiger partial charge in [-0.2, -0.15) is 0 Å². The van der Waals surface area contributed by atoms with Crippen LogP contribution in [0.1, 0.15) is 25.5 Å². The van der Waals surface area contributed by atoms with Gasteiger partial charge in [0.25, 0.3) is 0 Å². The smallest absolute Gasteiger partial charge is 0.119 e. The molecule has 0 amide bonds. The predicted molar refractivity (Wildman–Crippen MR) is 91.1 cm³/mol. The first kappa shape index (κ1) is 16.3. The zero-order valence-corrected chi connectivity index (χ0v) is 14.1. The summed E-state index contributed by atoms with van der Waals surface area (Å²) < 4.78 is 5.43. The molecule has 0 aliphatic carbocycles. The molecule has 21 heavy (non-hydrogen) atoms. The molecular weight excluding hydrogens is 329 g/mol. The van der Waals surface area contributed by atoms with Crippen LogP contribution in [-0.4, -0.2) is 6.61 Å². The fraction of sp³-hybridized carbons (Fsp3) is 0.250. The highest BCUT2D eigenvalue weighted by Gasteiger charge is 2.10. The van der Waals surface area contributed by atoms with Crippen LogP contribution in [0.2, 0.25) is 15.1 Å². The van der Waals surface area contributed by atoms with Crippen molar-refractivity contribution in [3.63, 3.8) is 0 Å². The van der Waals surface area contributed by atoms with Gasteiger partial charge in [0, 0.05) is 6.04 Å². The van der Waals surface area contributed by atoms with E-state index in [0.717, 1.165) is 17.0 Å². The van der Waals surface area contributed by atoms with Crippen LogP contribution in [0, 0.1) is 0 Å². The fourth-order valence-electron chi connectivity index (χ4n) is 1.97. The molecule has 0 aliphatic heterocycles. The number of anilines is 1. The molecule has 0 aliphatic rings. The SMILES string of the molecule is CCOc1ccc(C(C)Nc2cc(Cl)c(Cl)cc2Cl)cc1. The summed E-state index contributed by atoms with van der Waals surface area (Å²) in [6, 6.07) is 11.4. The summed E-state index contributed by atoms with van der Waals surface area (Å²) in [5.74, 6) is 0.862. The van der Waals surface area contributed by atoms with E-state index in [-0.39, 0.29) is 6.04 Å². The standard InChI is InChI=1S/C16H16Cl3NO/c1-3-21-12-6-4-11(5-7-12)10(2)20-16-9-14(18)13(17)8-15(16)19/h4-10,20H,3H2,1-2H3. The molecule has 0 heterocycles. The van der Waals surface area contributed by atoms with Crippen molar-refractivity contribution in [3.05, 3.63) is 57.0 Å². The number of rotatable bonds is 5. The minimum atomic E-state index is 0.0791. The first-order valence-electron chi connectivity index (χ1n) is 6.65. The van der Waals surface area contributed by atoms with Gasteiger partial charge in [-0.3, -0.25) is 0 Å². The van der Waals surface area contributed by atoms with Crippen molar-refractivity contribution in [1.29, 1.82) is 0 Å². The molecule has 0 radical (unpaired) electrons. The Morgan fingerprint density at radius 1 is 1.00 bits per heavy atom. The van der Waals surface area contributed by atoms with E-state index < -0.39 is 0 Å². The Morgan fingerprint density at radius 2 is 1.62 bits per heavy atom. The highest BCUT2D eigenvalue weighted by Crippen LogP contribution is 2.34. The van der Waals surface area contributed by atoms with E-state index in [1.165, 1.54) is 0 Å². The van der Waals surface area contributed by atoms with E-state index in [9.17, 15) is 0 Å². The van der Waals surface area contributed by atoms with Crippen LogP contribution in [0.4, 0.5) is 5.69 Å². The minimum absolute atomic E-state index is 0.0791. The topological polar surface area (TPSA) is 21.3 Å². The molecule has 0 bridgehead atoms. The third-order valence-corrected chi connectivity index (χ3v) is 4.11. The molecule has 0 saturated carbocycles. The molecule has 1 N–H and O–H groups in total. The van der Waals surface area contributed by atoms with Crippen molar-refractivity contribution < 1.29 is 4.74 Å². The molecule has 2 nitrogen and oxygen atoms in total. The van der Waals surface area contributed by atoms with Crippen LogP contribution in [0.25, 0.3) is 0 Å². The summed E-state index contributed by atoms with van der Waals surface area (Å²) in [7, 11) is 0. The lowest BCUT2D eigenvalue weighted by molar-refractivity contribution is 0.340. The molecule has 2 aromatic rings. The van der Waals surface area contributed by atoms with Crippen LogP contribution in [0.3, 0.4) is 0 Å². The molecule has 0 saturated heterocycles. The highest BCUT2D eigenvalue weighted by molar-refractivity contribution is 6.44. The van der Waals surface area contributed by atoms with Gasteiger partial charge in [-0.15, -0.1) is 0 Å². The van der Waals surface area contributed by atoms with E-state index >= 15 is 0 Å². The Hall–Kier alpha value is -1.09. The van der Waals surface area contributed by atoms with Gasteiger partial charge in [0.2, 0.25) is 0 Å². The molecule has 1 atom stereocenters. The highest BCUT2D eigenvalue weighted by atomic mass is 35.5. The van der Waals surface area contributed by atoms with Crippen LogP contribution >= 0.6 is 34.8 Å². The van der Waals surface area contributed by atoms with E-state index in [0.29, 0.717) is 21.7 Å². The average molecular weight is 345 g/mol. The zero-order chi connectivity index (χ0) is 15.4. The minimum Gasteiger partial charge on any atom is -0.494 e. The third kappa shape index (κ3) is 4.19. The number of hydrogen-bond donors (Lipinski definition) is 1. The first-order valence-corrected chi connectivity index (χ1v) is 7.78. The second kappa shape index (κ2) is 7.26. The van der Waals surface area contributed by atoms with E-state index in [1.807, 2.05) is 31.2 Å². The number of nitrogens with one attached hydrogen (secondary N) is 1. The maximum Gasteiger partial charge on any atom is 0.119 e. The molecule has 0 spiro atoms. The first-order chi connectivity index (χ1) is 10.0. The van der Waals surface area contributed by atoms with Gasteiger partial charge in [0.15, 0.2) is 0 Å². The van der Waals surface area contributed by atoms with Crippen molar-refractivity contribution in [1.82, 2.24) is 0 Å². The maximum atomic E-state index is 6.17. The lowest BCUT2D eigenvalue weighted by Crippen LogP contribution is -2.07. The molecule has 112 valence electrons. The van der Waals surface area contributed by atoms with Crippen molar-refractivity contribution in [3.8, 4) is 5.75 Å². The summed E-state index contributed by atoms with van der Waals surface area (Å²) in [6.07, 6.45) is 0. The summed E-state index contributed by atoms with van der Waals surface area (Å²) in [5.41, 5.74) is 1.88. The second-order valence-corrected chi connectivity index (χ2v) is 5.84. The van der Waals surface area contributed by atoms with Gasteiger partial charge in [0.1, 0.15) is 5.75 Å². The van der Waals surface area contributed by atoms with Gasteiger partial charge >= 0.3 is 0 Å². The largest absolute Gasteiger partial charge is 0.494 e. The Bertz CT molecular complexity index is 614. The molecule has 0 fully saturated rings. The van der Waals surface area contributed by atoms with Crippen LogP contribution in [0.5, 0.6) is 5.75 Å². The van der Waals surface area contributed by atoms with Gasteiger partial charge < -0.3 is 10.1 Å². The monoisotopic (exact) mass is 343 g/mol. The summed E-state index contributed by atoms with van der Waals surface area (Å²) in [4.78, 5) is 0. The normalized spacial score (nSPS) is 12.0. The van der Waals surface area contributed by atoms with Gasteiger partial charge in [-0.25, -0.2) is 0 Å². The van der Waals surface area contributed by atoms with Crippen molar-refractivity contribution in [2.24, 2.45) is 0 Å². The summed E-state index contributed by atoms with van der Waals surface area (Å²) >= 11 is 18.1. The van der Waals surface area contributed by atoms with Crippen molar-refractivity contribution >= 4 is 40.5 Å². The van der Waals surface area contributed by atoms with Gasteiger partial charge in [-0.05, 0) is 43.7 Å². The van der Waals surface area contributed by atoms with Gasteiger partial charge in [-0.1, -0.05) is 46.9 Å². The number of hydrogen-bond acceptors (Lipinski definition) is 2. The average Bonchev–Trinajstić information content (AvgIpc) is 2.46. The van der Waals surface area contributed by atoms with Crippen molar-refractivity contribution in [2.75, 3.05) is 11.9 Å². The van der Waals surface area contributed by atoms with Crippen molar-refractivity contribution in [2.45, 2.75) is 19.9 Å². The number of ether oxygens (including phenoxy) is 1. The molecule has 5 heteroatoms. The van der Waals surface area contributed by atoms with Gasteiger partial charge in [0.05, 0.1) is 27.4 Å². The molecule has 2 aromatic carbocycles. The third-order valence-electron chi connectivity index (χ3n) is 3.07. The Kier molecular flexibility index (Phi) is 5.63. The molecule has 2 rings (SSSR count). The van der Waals surface area contributed by atoms with E-state index in [2.05, 4.69) is 12.2 Å². The molecule has 0 aromatic heterocycles. The fourth-order valence-corrected chi connectivity index (χ4v) is 2.57. The Morgan fingerprint density at radius 3 is 2.24 bits per heavy atom. The van der Waals surface area contributed by atoms with E-state index in [4.69, 9.17) is 39.5 Å². The lowest BCUT2D eigenvalue weighted by Gasteiger charge is -2.18. The number of halogens is 3. The zero-order valence-electron chi connectivity index (χ0n) is 11.8. The lowest BCUT2D eigenvalue weighted by atomic mass is 10.1. The van der Waals surface area contributed by atoms with Crippen LogP contribution < -0.4 is 10.1 Å². The van der Waals surface area contributed by atoms with E-state index in [1.54, 1.807) is 12.1 Å². The second-order valence-electron chi connectivity index (χ2n) is 4.61. The molecular formula is C16H16Cl3NO. The quantitative estimate of drug-likeness (QED) is 0.650. The maximum absolute atomic E-state index is 6.17. The Labute approximate surface area is 140 Å². The summed E-state index contributed by atoms with van der Waals surface area (Å²) in [6.45, 7) is 4.67. The van der Waals surface area contributed by atoms with Crippen LogP contribution in [0.15, 0.2) is 36.4 Å². The predicted octanol–water partition coefficient (Wildman–Crippen LogP) is 6.22. The van der Waals surface area contributed by atoms with Crippen LogP contribution in [-0.2, 0) is 0 Å². The number of benzene rings is 2. The summed E-state index contributed by atoms with van der Waals surface area (Å²) in [5, 5.41) is 4.79. The molecule has 1 unspecified atom stereocenters.